The Bertz CT molecular complexity index is 672. The van der Waals surface area contributed by atoms with E-state index in [4.69, 9.17) is 4.74 Å². The Kier molecular flexibility index (Phi) is 2.14. The van der Waals surface area contributed by atoms with Crippen LogP contribution in [-0.2, 0) is 0 Å². The molecule has 16 heavy (non-hydrogen) atoms. The number of hydrogen-bond acceptors (Lipinski definition) is 1. The summed E-state index contributed by atoms with van der Waals surface area (Å²) in [6, 6.07) is 12.3. The molecule has 0 unspecified atom stereocenters. The van der Waals surface area contributed by atoms with Crippen molar-refractivity contribution in [3.63, 3.8) is 0 Å². The number of rotatable bonds is 1. The van der Waals surface area contributed by atoms with Crippen LogP contribution in [0.5, 0.6) is 5.75 Å². The van der Waals surface area contributed by atoms with Crippen molar-refractivity contribution < 1.29 is 4.74 Å². The molecule has 0 saturated heterocycles. The lowest BCUT2D eigenvalue weighted by Crippen LogP contribution is -1.84. The van der Waals surface area contributed by atoms with Gasteiger partial charge in [-0.25, -0.2) is 0 Å². The highest BCUT2D eigenvalue weighted by Crippen LogP contribution is 2.36. The molecule has 2 aromatic carbocycles. The van der Waals surface area contributed by atoms with Gasteiger partial charge in [0.1, 0.15) is 5.75 Å². The minimum atomic E-state index is 0.846. The predicted molar refractivity (Wildman–Crippen MR) is 70.1 cm³/mol. The van der Waals surface area contributed by atoms with E-state index in [-0.39, 0.29) is 0 Å². The largest absolute Gasteiger partial charge is 0.495 e. The maximum Gasteiger partial charge on any atom is 0.135 e. The van der Waals surface area contributed by atoms with Crippen LogP contribution >= 0.6 is 15.9 Å². The van der Waals surface area contributed by atoms with Crippen LogP contribution in [0.4, 0.5) is 0 Å². The first-order chi connectivity index (χ1) is 7.81. The van der Waals surface area contributed by atoms with Crippen LogP contribution in [0.3, 0.4) is 0 Å². The maximum atomic E-state index is 5.28. The molecule has 3 rings (SSSR count). The molecule has 0 amide bonds. The van der Waals surface area contributed by atoms with Crippen LogP contribution in [0.15, 0.2) is 40.9 Å². The summed E-state index contributed by atoms with van der Waals surface area (Å²) >= 11 is 3.56. The summed E-state index contributed by atoms with van der Waals surface area (Å²) in [4.78, 5) is 3.39. The van der Waals surface area contributed by atoms with E-state index in [0.717, 1.165) is 21.3 Å². The number of fused-ring (bicyclic) bond motifs is 3. The molecule has 0 atom stereocenters. The second-order valence-electron chi connectivity index (χ2n) is 3.67. The minimum Gasteiger partial charge on any atom is -0.495 e. The number of para-hydroxylation sites is 1. The Labute approximate surface area is 101 Å². The molecular formula is C13H10BrNO. The molecule has 1 heterocycles. The first-order valence-corrected chi connectivity index (χ1v) is 5.83. The zero-order chi connectivity index (χ0) is 11.1. The van der Waals surface area contributed by atoms with E-state index in [2.05, 4.69) is 39.1 Å². The van der Waals surface area contributed by atoms with Gasteiger partial charge >= 0.3 is 0 Å². The summed E-state index contributed by atoms with van der Waals surface area (Å²) < 4.78 is 6.26. The molecule has 3 heteroatoms. The molecule has 2 nitrogen and oxygen atoms in total. The second-order valence-corrected chi connectivity index (χ2v) is 4.47. The van der Waals surface area contributed by atoms with Gasteiger partial charge < -0.3 is 9.72 Å². The van der Waals surface area contributed by atoms with Crippen molar-refractivity contribution in [3.05, 3.63) is 40.9 Å². The van der Waals surface area contributed by atoms with Gasteiger partial charge in [0.2, 0.25) is 0 Å². The number of H-pyrrole nitrogens is 1. The molecule has 0 aliphatic rings. The Hall–Kier alpha value is -1.48. The lowest BCUT2D eigenvalue weighted by molar-refractivity contribution is 0.413. The Morgan fingerprint density at radius 2 is 1.88 bits per heavy atom. The summed E-state index contributed by atoms with van der Waals surface area (Å²) in [7, 11) is 1.68. The lowest BCUT2D eigenvalue weighted by atomic mass is 10.1. The monoisotopic (exact) mass is 275 g/mol. The number of ether oxygens (including phenoxy) is 1. The third-order valence-corrected chi connectivity index (χ3v) is 3.59. The molecule has 0 spiro atoms. The normalized spacial score (nSPS) is 11.1. The van der Waals surface area contributed by atoms with Gasteiger partial charge in [-0.3, -0.25) is 0 Å². The van der Waals surface area contributed by atoms with Crippen LogP contribution in [0, 0.1) is 0 Å². The summed E-state index contributed by atoms with van der Waals surface area (Å²) in [6.45, 7) is 0. The number of hydrogen-bond donors (Lipinski definition) is 1. The average Bonchev–Trinajstić information content (AvgIpc) is 2.69. The molecule has 0 aliphatic carbocycles. The van der Waals surface area contributed by atoms with E-state index >= 15 is 0 Å². The topological polar surface area (TPSA) is 25.0 Å². The van der Waals surface area contributed by atoms with Crippen LogP contribution in [0.2, 0.25) is 0 Å². The number of aromatic amines is 1. The highest BCUT2D eigenvalue weighted by atomic mass is 79.9. The smallest absolute Gasteiger partial charge is 0.135 e. The molecule has 3 aromatic rings. The Morgan fingerprint density at radius 1 is 1.06 bits per heavy atom. The number of benzene rings is 2. The van der Waals surface area contributed by atoms with E-state index in [1.165, 1.54) is 10.8 Å². The number of nitrogens with one attached hydrogen (secondary N) is 1. The second kappa shape index (κ2) is 3.52. The number of methoxy groups -OCH3 is 1. The van der Waals surface area contributed by atoms with Crippen LogP contribution in [0.25, 0.3) is 21.8 Å². The van der Waals surface area contributed by atoms with Crippen LogP contribution in [0.1, 0.15) is 0 Å². The Morgan fingerprint density at radius 3 is 2.69 bits per heavy atom. The number of aromatic nitrogens is 1. The molecule has 1 N–H and O–H groups in total. The zero-order valence-electron chi connectivity index (χ0n) is 8.75. The van der Waals surface area contributed by atoms with Crippen molar-refractivity contribution in [2.75, 3.05) is 7.11 Å². The van der Waals surface area contributed by atoms with Crippen molar-refractivity contribution >= 4 is 37.7 Å². The minimum absolute atomic E-state index is 0.846. The van der Waals surface area contributed by atoms with Gasteiger partial charge in [-0.2, -0.15) is 0 Å². The molecule has 0 fully saturated rings. The van der Waals surface area contributed by atoms with E-state index < -0.39 is 0 Å². The van der Waals surface area contributed by atoms with Gasteiger partial charge in [-0.1, -0.05) is 18.2 Å². The third-order valence-electron chi connectivity index (χ3n) is 2.80. The quantitative estimate of drug-likeness (QED) is 0.711. The first kappa shape index (κ1) is 9.73. The molecule has 80 valence electrons. The average molecular weight is 276 g/mol. The predicted octanol–water partition coefficient (Wildman–Crippen LogP) is 4.09. The SMILES string of the molecule is COc1ccc2c([nH]c3ccccc32)c1Br. The molecule has 0 radical (unpaired) electrons. The van der Waals surface area contributed by atoms with Gasteiger partial charge in [0.25, 0.3) is 0 Å². The summed E-state index contributed by atoms with van der Waals surface area (Å²) in [5.74, 6) is 0.846. The highest BCUT2D eigenvalue weighted by molar-refractivity contribution is 9.10. The number of halogens is 1. The fraction of sp³-hybridized carbons (Fsp3) is 0.0769. The third kappa shape index (κ3) is 1.25. The van der Waals surface area contributed by atoms with Gasteiger partial charge in [-0.15, -0.1) is 0 Å². The van der Waals surface area contributed by atoms with Crippen LogP contribution < -0.4 is 4.74 Å². The first-order valence-electron chi connectivity index (χ1n) is 5.04. The van der Waals surface area contributed by atoms with Crippen molar-refractivity contribution in [1.82, 2.24) is 4.98 Å². The van der Waals surface area contributed by atoms with Gasteiger partial charge in [0.05, 0.1) is 17.1 Å². The molecule has 0 aliphatic heterocycles. The highest BCUT2D eigenvalue weighted by Gasteiger charge is 2.09. The van der Waals surface area contributed by atoms with Crippen molar-refractivity contribution in [3.8, 4) is 5.75 Å². The Balaban J connectivity index is 2.49. The maximum absolute atomic E-state index is 5.28. The van der Waals surface area contributed by atoms with Gasteiger partial charge in [0, 0.05) is 16.3 Å². The van der Waals surface area contributed by atoms with Gasteiger partial charge in [0.15, 0.2) is 0 Å². The van der Waals surface area contributed by atoms with Crippen molar-refractivity contribution in [2.45, 2.75) is 0 Å². The van der Waals surface area contributed by atoms with Crippen molar-refractivity contribution in [1.29, 1.82) is 0 Å². The van der Waals surface area contributed by atoms with E-state index in [9.17, 15) is 0 Å². The zero-order valence-corrected chi connectivity index (χ0v) is 10.3. The fourth-order valence-electron chi connectivity index (χ4n) is 2.02. The van der Waals surface area contributed by atoms with Gasteiger partial charge in [-0.05, 0) is 34.1 Å². The summed E-state index contributed by atoms with van der Waals surface area (Å²) in [6.07, 6.45) is 0. The lowest BCUT2D eigenvalue weighted by Gasteiger charge is -2.03. The fourth-order valence-corrected chi connectivity index (χ4v) is 2.63. The van der Waals surface area contributed by atoms with E-state index in [1.807, 2.05) is 18.2 Å². The van der Waals surface area contributed by atoms with E-state index in [1.54, 1.807) is 7.11 Å². The summed E-state index contributed by atoms with van der Waals surface area (Å²) in [5.41, 5.74) is 2.23. The standard InChI is InChI=1S/C13H10BrNO/c1-16-11-7-6-9-8-4-2-3-5-10(8)15-13(9)12(11)14/h2-7,15H,1H3. The summed E-state index contributed by atoms with van der Waals surface area (Å²) in [5, 5.41) is 2.45. The van der Waals surface area contributed by atoms with Crippen molar-refractivity contribution in [2.24, 2.45) is 0 Å². The molecule has 0 saturated carbocycles. The van der Waals surface area contributed by atoms with Crippen LogP contribution in [-0.4, -0.2) is 12.1 Å². The molecular weight excluding hydrogens is 266 g/mol. The molecule has 1 aromatic heterocycles. The van der Waals surface area contributed by atoms with E-state index in [0.29, 0.717) is 0 Å². The molecule has 0 bridgehead atoms.